The lowest BCUT2D eigenvalue weighted by molar-refractivity contribution is 0.185. The third-order valence-electron chi connectivity index (χ3n) is 4.10. The summed E-state index contributed by atoms with van der Waals surface area (Å²) in [6.07, 6.45) is 2.69. The van der Waals surface area contributed by atoms with E-state index >= 15 is 0 Å². The molecule has 24 heavy (non-hydrogen) atoms. The zero-order valence-corrected chi connectivity index (χ0v) is 14.0. The number of aliphatic hydroxyl groups is 1. The molecule has 1 heterocycles. The number of carbonyl (C=O) groups is 1. The molecule has 0 atom stereocenters. The van der Waals surface area contributed by atoms with Crippen molar-refractivity contribution in [3.8, 4) is 11.5 Å². The van der Waals surface area contributed by atoms with Crippen LogP contribution in [-0.2, 0) is 6.42 Å². The maximum absolute atomic E-state index is 12.5. The fraction of sp³-hybridized carbons (Fsp3) is 0.471. The number of aromatic nitrogens is 2. The predicted octanol–water partition coefficient (Wildman–Crippen LogP) is 2.60. The first-order valence-corrected chi connectivity index (χ1v) is 8.24. The Labute approximate surface area is 140 Å². The van der Waals surface area contributed by atoms with Gasteiger partial charge in [0, 0.05) is 30.3 Å². The minimum atomic E-state index is -0.188. The first kappa shape index (κ1) is 16.4. The van der Waals surface area contributed by atoms with Crippen LogP contribution in [0.4, 0.5) is 10.5 Å². The van der Waals surface area contributed by atoms with E-state index in [1.54, 1.807) is 4.90 Å². The molecule has 0 aliphatic heterocycles. The van der Waals surface area contributed by atoms with E-state index in [1.165, 1.54) is 0 Å². The van der Waals surface area contributed by atoms with Gasteiger partial charge in [0.1, 0.15) is 0 Å². The topological polar surface area (TPSA) is 91.5 Å². The molecule has 7 heteroatoms. The molecule has 7 nitrogen and oxygen atoms in total. The second-order valence-corrected chi connectivity index (χ2v) is 5.98. The molecular weight excluding hydrogens is 308 g/mol. The van der Waals surface area contributed by atoms with Crippen molar-refractivity contribution in [2.75, 3.05) is 18.5 Å². The van der Waals surface area contributed by atoms with Crippen molar-refractivity contribution in [1.82, 2.24) is 15.0 Å². The SMILES string of the molecule is CCc1noc(-c2ccc(C)c(NC(=O)N(CCO)C3CC3)c2)n1. The van der Waals surface area contributed by atoms with Crippen LogP contribution in [0.5, 0.6) is 0 Å². The third kappa shape index (κ3) is 3.56. The summed E-state index contributed by atoms with van der Waals surface area (Å²) in [5.74, 6) is 1.09. The maximum Gasteiger partial charge on any atom is 0.322 e. The largest absolute Gasteiger partial charge is 0.395 e. The highest BCUT2D eigenvalue weighted by molar-refractivity contribution is 5.91. The molecule has 1 aromatic carbocycles. The van der Waals surface area contributed by atoms with Crippen LogP contribution in [0.25, 0.3) is 11.5 Å². The molecule has 3 rings (SSSR count). The summed E-state index contributed by atoms with van der Waals surface area (Å²) in [6.45, 7) is 4.20. The van der Waals surface area contributed by atoms with E-state index in [0.29, 0.717) is 30.4 Å². The van der Waals surface area contributed by atoms with Crippen LogP contribution in [-0.4, -0.2) is 45.4 Å². The van der Waals surface area contributed by atoms with E-state index in [9.17, 15) is 4.79 Å². The molecule has 1 saturated carbocycles. The molecule has 0 saturated heterocycles. The normalized spacial score (nSPS) is 13.8. The lowest BCUT2D eigenvalue weighted by Gasteiger charge is -2.22. The molecule has 0 radical (unpaired) electrons. The van der Waals surface area contributed by atoms with Crippen molar-refractivity contribution in [2.24, 2.45) is 0 Å². The van der Waals surface area contributed by atoms with Gasteiger partial charge in [0.15, 0.2) is 5.82 Å². The first-order chi connectivity index (χ1) is 11.6. The van der Waals surface area contributed by atoms with Gasteiger partial charge in [-0.1, -0.05) is 18.1 Å². The summed E-state index contributed by atoms with van der Waals surface area (Å²) >= 11 is 0. The number of benzene rings is 1. The van der Waals surface area contributed by atoms with E-state index < -0.39 is 0 Å². The molecule has 2 amide bonds. The highest BCUT2D eigenvalue weighted by atomic mass is 16.5. The number of rotatable bonds is 6. The van der Waals surface area contributed by atoms with Gasteiger partial charge in [-0.2, -0.15) is 4.98 Å². The van der Waals surface area contributed by atoms with Crippen LogP contribution < -0.4 is 5.32 Å². The van der Waals surface area contributed by atoms with Gasteiger partial charge in [0.2, 0.25) is 0 Å². The number of aliphatic hydroxyl groups excluding tert-OH is 1. The zero-order chi connectivity index (χ0) is 17.1. The maximum atomic E-state index is 12.5. The van der Waals surface area contributed by atoms with E-state index in [4.69, 9.17) is 9.63 Å². The summed E-state index contributed by atoms with van der Waals surface area (Å²) in [4.78, 5) is 18.5. The van der Waals surface area contributed by atoms with E-state index in [0.717, 1.165) is 24.0 Å². The summed E-state index contributed by atoms with van der Waals surface area (Å²) < 4.78 is 5.26. The number of hydrogen-bond donors (Lipinski definition) is 2. The summed E-state index contributed by atoms with van der Waals surface area (Å²) in [5.41, 5.74) is 2.42. The monoisotopic (exact) mass is 330 g/mol. The van der Waals surface area contributed by atoms with Crippen molar-refractivity contribution in [1.29, 1.82) is 0 Å². The Hall–Kier alpha value is -2.41. The van der Waals surface area contributed by atoms with Crippen molar-refractivity contribution >= 4 is 11.7 Å². The summed E-state index contributed by atoms with van der Waals surface area (Å²) in [6, 6.07) is 5.69. The minimum Gasteiger partial charge on any atom is -0.395 e. The Morgan fingerprint density at radius 3 is 2.88 bits per heavy atom. The van der Waals surface area contributed by atoms with Crippen molar-refractivity contribution in [2.45, 2.75) is 39.2 Å². The van der Waals surface area contributed by atoms with Crippen LogP contribution in [0, 0.1) is 6.92 Å². The highest BCUT2D eigenvalue weighted by Crippen LogP contribution is 2.29. The predicted molar refractivity (Wildman–Crippen MR) is 89.7 cm³/mol. The second kappa shape index (κ2) is 7.00. The Kier molecular flexibility index (Phi) is 4.80. The number of urea groups is 1. The number of carbonyl (C=O) groups excluding carboxylic acids is 1. The van der Waals surface area contributed by atoms with Crippen molar-refractivity contribution in [3.05, 3.63) is 29.6 Å². The Morgan fingerprint density at radius 1 is 1.46 bits per heavy atom. The molecule has 128 valence electrons. The number of aryl methyl sites for hydroxylation is 2. The lowest BCUT2D eigenvalue weighted by atomic mass is 10.1. The summed E-state index contributed by atoms with van der Waals surface area (Å²) in [7, 11) is 0. The quantitative estimate of drug-likeness (QED) is 0.849. The molecule has 2 aromatic rings. The summed E-state index contributed by atoms with van der Waals surface area (Å²) in [5, 5.41) is 16.0. The van der Waals surface area contributed by atoms with Crippen LogP contribution in [0.1, 0.15) is 31.2 Å². The van der Waals surface area contributed by atoms with Gasteiger partial charge in [0.05, 0.1) is 6.61 Å². The number of amides is 2. The molecule has 0 bridgehead atoms. The van der Waals surface area contributed by atoms with Crippen molar-refractivity contribution < 1.29 is 14.4 Å². The zero-order valence-electron chi connectivity index (χ0n) is 14.0. The van der Waals surface area contributed by atoms with Gasteiger partial charge >= 0.3 is 6.03 Å². The van der Waals surface area contributed by atoms with Gasteiger partial charge in [-0.05, 0) is 37.5 Å². The van der Waals surface area contributed by atoms with E-state index in [2.05, 4.69) is 15.5 Å². The fourth-order valence-corrected chi connectivity index (χ4v) is 2.54. The van der Waals surface area contributed by atoms with Crippen LogP contribution in [0.15, 0.2) is 22.7 Å². The van der Waals surface area contributed by atoms with Crippen LogP contribution in [0.2, 0.25) is 0 Å². The number of nitrogens with one attached hydrogen (secondary N) is 1. The Balaban J connectivity index is 1.79. The molecule has 0 unspecified atom stereocenters. The average molecular weight is 330 g/mol. The average Bonchev–Trinajstić information content (AvgIpc) is 3.30. The Bertz CT molecular complexity index is 724. The van der Waals surface area contributed by atoms with Gasteiger partial charge in [0.25, 0.3) is 5.89 Å². The molecule has 1 aromatic heterocycles. The van der Waals surface area contributed by atoms with Gasteiger partial charge in [-0.25, -0.2) is 4.79 Å². The van der Waals surface area contributed by atoms with Gasteiger partial charge in [-0.3, -0.25) is 0 Å². The second-order valence-electron chi connectivity index (χ2n) is 5.98. The molecule has 0 spiro atoms. The Morgan fingerprint density at radius 2 is 2.25 bits per heavy atom. The molecule has 1 aliphatic carbocycles. The molecule has 1 aliphatic rings. The van der Waals surface area contributed by atoms with Gasteiger partial charge in [-0.15, -0.1) is 0 Å². The smallest absolute Gasteiger partial charge is 0.322 e. The highest BCUT2D eigenvalue weighted by Gasteiger charge is 2.32. The number of nitrogens with zero attached hydrogens (tertiary/aromatic N) is 3. The number of anilines is 1. The van der Waals surface area contributed by atoms with Crippen LogP contribution >= 0.6 is 0 Å². The molecule has 1 fully saturated rings. The molecular formula is C17H22N4O3. The van der Waals surface area contributed by atoms with Crippen LogP contribution in [0.3, 0.4) is 0 Å². The standard InChI is InChI=1S/C17H22N4O3/c1-3-15-19-16(24-20-15)12-5-4-11(2)14(10-12)18-17(23)21(8-9-22)13-6-7-13/h4-5,10,13,22H,3,6-9H2,1-2H3,(H,18,23). The van der Waals surface area contributed by atoms with E-state index in [1.807, 2.05) is 32.0 Å². The molecule has 2 N–H and O–H groups in total. The minimum absolute atomic E-state index is 0.0370. The number of hydrogen-bond acceptors (Lipinski definition) is 5. The lowest BCUT2D eigenvalue weighted by Crippen LogP contribution is -2.38. The third-order valence-corrected chi connectivity index (χ3v) is 4.10. The van der Waals surface area contributed by atoms with Gasteiger partial charge < -0.3 is 19.8 Å². The first-order valence-electron chi connectivity index (χ1n) is 8.24. The van der Waals surface area contributed by atoms with Crippen molar-refractivity contribution in [3.63, 3.8) is 0 Å². The van der Waals surface area contributed by atoms with E-state index in [-0.39, 0.29) is 18.7 Å². The fourth-order valence-electron chi connectivity index (χ4n) is 2.54.